The van der Waals surface area contributed by atoms with Crippen molar-refractivity contribution in [1.82, 2.24) is 15.1 Å². The number of hydrogen-bond acceptors (Lipinski definition) is 4. The van der Waals surface area contributed by atoms with Crippen LogP contribution >= 0.6 is 11.3 Å². The molecule has 0 aliphatic carbocycles. The van der Waals surface area contributed by atoms with E-state index in [2.05, 4.69) is 5.32 Å². The second-order valence-corrected chi connectivity index (χ2v) is 6.45. The molecule has 6 heteroatoms. The number of carbonyl (C=O) groups excluding carboxylic acids is 2. The minimum absolute atomic E-state index is 0.0858. The largest absolute Gasteiger partial charge is 0.339 e. The zero-order valence-corrected chi connectivity index (χ0v) is 12.9. The summed E-state index contributed by atoms with van der Waals surface area (Å²) in [6, 6.07) is 1.86. The summed E-state index contributed by atoms with van der Waals surface area (Å²) >= 11 is 1.54. The molecule has 3 rings (SSSR count). The molecule has 2 amide bonds. The van der Waals surface area contributed by atoms with Crippen LogP contribution in [0.3, 0.4) is 0 Å². The highest BCUT2D eigenvalue weighted by Gasteiger charge is 2.29. The van der Waals surface area contributed by atoms with Crippen LogP contribution in [-0.2, 0) is 4.79 Å². The Labute approximate surface area is 128 Å². The highest BCUT2D eigenvalue weighted by molar-refractivity contribution is 7.08. The number of nitrogens with zero attached hydrogens (tertiary/aromatic N) is 2. The number of rotatable bonds is 2. The van der Waals surface area contributed by atoms with Crippen LogP contribution < -0.4 is 5.32 Å². The van der Waals surface area contributed by atoms with Gasteiger partial charge in [-0.05, 0) is 30.8 Å². The van der Waals surface area contributed by atoms with E-state index in [-0.39, 0.29) is 17.7 Å². The maximum atomic E-state index is 12.4. The molecule has 0 saturated carbocycles. The monoisotopic (exact) mass is 307 g/mol. The first-order valence-corrected chi connectivity index (χ1v) is 8.51. The normalized spacial score (nSPS) is 23.1. The van der Waals surface area contributed by atoms with Crippen molar-refractivity contribution in [3.05, 3.63) is 22.4 Å². The lowest BCUT2D eigenvalue weighted by atomic mass is 9.98. The summed E-state index contributed by atoms with van der Waals surface area (Å²) in [7, 11) is 0. The zero-order chi connectivity index (χ0) is 14.7. The summed E-state index contributed by atoms with van der Waals surface area (Å²) in [6.07, 6.45) is 2.06. The quantitative estimate of drug-likeness (QED) is 0.888. The van der Waals surface area contributed by atoms with Gasteiger partial charge in [-0.3, -0.25) is 9.59 Å². The molecule has 2 aliphatic heterocycles. The zero-order valence-electron chi connectivity index (χ0n) is 12.1. The van der Waals surface area contributed by atoms with E-state index in [0.717, 1.165) is 31.5 Å². The lowest BCUT2D eigenvalue weighted by Crippen LogP contribution is -2.53. The van der Waals surface area contributed by atoms with Gasteiger partial charge in [-0.2, -0.15) is 11.3 Å². The van der Waals surface area contributed by atoms with E-state index in [1.807, 2.05) is 26.6 Å². The molecule has 1 unspecified atom stereocenters. The van der Waals surface area contributed by atoms with Gasteiger partial charge in [0.05, 0.1) is 11.5 Å². The molecule has 1 atom stereocenters. The van der Waals surface area contributed by atoms with Crippen LogP contribution in [0.1, 0.15) is 23.2 Å². The Morgan fingerprint density at radius 3 is 2.57 bits per heavy atom. The average Bonchev–Trinajstić information content (AvgIpc) is 3.09. The first kappa shape index (κ1) is 14.5. The van der Waals surface area contributed by atoms with Gasteiger partial charge in [0, 0.05) is 38.1 Å². The highest BCUT2D eigenvalue weighted by Crippen LogP contribution is 2.16. The lowest BCUT2D eigenvalue weighted by molar-refractivity contribution is -0.137. The summed E-state index contributed by atoms with van der Waals surface area (Å²) < 4.78 is 0. The maximum absolute atomic E-state index is 12.4. The SMILES string of the molecule is O=C(c1ccsc1)N1CCN(C(=O)C2CCCNC2)CC1. The molecule has 5 nitrogen and oxygen atoms in total. The molecule has 2 aliphatic rings. The number of amides is 2. The van der Waals surface area contributed by atoms with Gasteiger partial charge in [-0.15, -0.1) is 0 Å². The van der Waals surface area contributed by atoms with Crippen LogP contribution in [0.2, 0.25) is 0 Å². The van der Waals surface area contributed by atoms with Gasteiger partial charge in [-0.25, -0.2) is 0 Å². The van der Waals surface area contributed by atoms with Crippen molar-refractivity contribution in [2.45, 2.75) is 12.8 Å². The minimum Gasteiger partial charge on any atom is -0.339 e. The molecule has 114 valence electrons. The number of hydrogen-bond donors (Lipinski definition) is 1. The minimum atomic E-state index is 0.0858. The standard InChI is InChI=1S/C15H21N3O2S/c19-14(12-2-1-4-16-10-12)17-5-7-18(8-6-17)15(20)13-3-9-21-11-13/h3,9,11-12,16H,1-2,4-8,10H2. The third-order valence-corrected chi connectivity index (χ3v) is 4.98. The van der Waals surface area contributed by atoms with Crippen molar-refractivity contribution in [3.63, 3.8) is 0 Å². The molecule has 2 fully saturated rings. The second-order valence-electron chi connectivity index (χ2n) is 5.67. The van der Waals surface area contributed by atoms with Crippen LogP contribution in [0.25, 0.3) is 0 Å². The van der Waals surface area contributed by atoms with E-state index in [4.69, 9.17) is 0 Å². The van der Waals surface area contributed by atoms with Crippen molar-refractivity contribution < 1.29 is 9.59 Å². The Morgan fingerprint density at radius 1 is 1.19 bits per heavy atom. The number of piperidine rings is 1. The van der Waals surface area contributed by atoms with E-state index >= 15 is 0 Å². The summed E-state index contributed by atoms with van der Waals surface area (Å²) in [6.45, 7) is 4.41. The summed E-state index contributed by atoms with van der Waals surface area (Å²) in [5.74, 6) is 0.463. The van der Waals surface area contributed by atoms with Crippen molar-refractivity contribution in [2.24, 2.45) is 5.92 Å². The van der Waals surface area contributed by atoms with Crippen LogP contribution in [0, 0.1) is 5.92 Å². The number of carbonyl (C=O) groups is 2. The Kier molecular flexibility index (Phi) is 4.55. The molecule has 0 aromatic carbocycles. The third kappa shape index (κ3) is 3.27. The van der Waals surface area contributed by atoms with Gasteiger partial charge in [-0.1, -0.05) is 0 Å². The van der Waals surface area contributed by atoms with Gasteiger partial charge in [0.25, 0.3) is 5.91 Å². The molecule has 0 spiro atoms. The van der Waals surface area contributed by atoms with E-state index in [0.29, 0.717) is 26.2 Å². The van der Waals surface area contributed by atoms with Crippen molar-refractivity contribution in [3.8, 4) is 0 Å². The number of piperazine rings is 1. The molecular weight excluding hydrogens is 286 g/mol. The Balaban J connectivity index is 1.52. The van der Waals surface area contributed by atoms with Crippen LogP contribution in [-0.4, -0.2) is 60.9 Å². The second kappa shape index (κ2) is 6.58. The molecule has 1 aromatic heterocycles. The molecule has 0 bridgehead atoms. The first-order valence-electron chi connectivity index (χ1n) is 7.56. The molecule has 1 N–H and O–H groups in total. The van der Waals surface area contributed by atoms with Gasteiger partial charge in [0.15, 0.2) is 0 Å². The summed E-state index contributed by atoms with van der Waals surface area (Å²) in [5, 5.41) is 7.09. The van der Waals surface area contributed by atoms with E-state index in [1.165, 1.54) is 11.3 Å². The van der Waals surface area contributed by atoms with E-state index in [9.17, 15) is 9.59 Å². The fraction of sp³-hybridized carbons (Fsp3) is 0.600. The summed E-state index contributed by atoms with van der Waals surface area (Å²) in [4.78, 5) is 28.5. The van der Waals surface area contributed by atoms with Gasteiger partial charge in [0.2, 0.25) is 5.91 Å². The van der Waals surface area contributed by atoms with Gasteiger partial charge in [0.1, 0.15) is 0 Å². The third-order valence-electron chi connectivity index (χ3n) is 4.29. The van der Waals surface area contributed by atoms with E-state index < -0.39 is 0 Å². The van der Waals surface area contributed by atoms with Crippen molar-refractivity contribution in [1.29, 1.82) is 0 Å². The van der Waals surface area contributed by atoms with Crippen molar-refractivity contribution >= 4 is 23.2 Å². The topological polar surface area (TPSA) is 52.7 Å². The summed E-state index contributed by atoms with van der Waals surface area (Å²) in [5.41, 5.74) is 0.760. The number of thiophene rings is 1. The van der Waals surface area contributed by atoms with Crippen LogP contribution in [0.5, 0.6) is 0 Å². The molecule has 3 heterocycles. The molecule has 0 radical (unpaired) electrons. The molecular formula is C15H21N3O2S. The Hall–Kier alpha value is -1.40. The van der Waals surface area contributed by atoms with E-state index in [1.54, 1.807) is 0 Å². The predicted octanol–water partition coefficient (Wildman–Crippen LogP) is 1.03. The average molecular weight is 307 g/mol. The fourth-order valence-electron chi connectivity index (χ4n) is 3.02. The Morgan fingerprint density at radius 2 is 1.95 bits per heavy atom. The molecule has 21 heavy (non-hydrogen) atoms. The van der Waals surface area contributed by atoms with Crippen molar-refractivity contribution in [2.75, 3.05) is 39.3 Å². The smallest absolute Gasteiger partial charge is 0.254 e. The maximum Gasteiger partial charge on any atom is 0.254 e. The molecule has 2 saturated heterocycles. The predicted molar refractivity (Wildman–Crippen MR) is 82.4 cm³/mol. The number of nitrogens with one attached hydrogen (secondary N) is 1. The fourth-order valence-corrected chi connectivity index (χ4v) is 3.65. The van der Waals surface area contributed by atoms with Gasteiger partial charge < -0.3 is 15.1 Å². The lowest BCUT2D eigenvalue weighted by Gasteiger charge is -2.37. The first-order chi connectivity index (χ1) is 10.3. The van der Waals surface area contributed by atoms with Crippen LogP contribution in [0.15, 0.2) is 16.8 Å². The van der Waals surface area contributed by atoms with Crippen LogP contribution in [0.4, 0.5) is 0 Å². The highest BCUT2D eigenvalue weighted by atomic mass is 32.1. The Bertz CT molecular complexity index is 489. The van der Waals surface area contributed by atoms with Gasteiger partial charge >= 0.3 is 0 Å². The molecule has 1 aromatic rings.